The predicted octanol–water partition coefficient (Wildman–Crippen LogP) is 8.46. The summed E-state index contributed by atoms with van der Waals surface area (Å²) in [5.74, 6) is -1.58. The van der Waals surface area contributed by atoms with E-state index < -0.39 is 23.4 Å². The van der Waals surface area contributed by atoms with Crippen LogP contribution in [0.4, 0.5) is 8.78 Å². The molecule has 0 aliphatic heterocycles. The van der Waals surface area contributed by atoms with Crippen LogP contribution in [0, 0.1) is 11.6 Å². The van der Waals surface area contributed by atoms with Crippen LogP contribution in [0.5, 0.6) is 11.5 Å². The number of fused-ring (bicyclic) bond motifs is 1. The maximum atomic E-state index is 15.1. The van der Waals surface area contributed by atoms with Gasteiger partial charge in [-0.3, -0.25) is 4.79 Å². The lowest BCUT2D eigenvalue weighted by Crippen LogP contribution is -2.17. The largest absolute Gasteiger partial charge is 0.494 e. The summed E-state index contributed by atoms with van der Waals surface area (Å²) in [7, 11) is 0. The third-order valence-electron chi connectivity index (χ3n) is 6.90. The molecule has 1 aliphatic rings. The first-order chi connectivity index (χ1) is 17.0. The average molecular weight is 487 g/mol. The van der Waals surface area contributed by atoms with Crippen LogP contribution in [-0.2, 0) is 17.6 Å². The molecule has 0 N–H and O–H groups in total. The number of ether oxygens (including phenoxy) is 2. The number of unbranched alkanes of at least 4 members (excludes halogenated alkanes) is 7. The molecule has 5 heteroatoms. The third kappa shape index (κ3) is 8.05. The van der Waals surface area contributed by atoms with Gasteiger partial charge in [-0.1, -0.05) is 70.9 Å². The molecule has 192 valence electrons. The molecule has 0 fully saturated rings. The number of carbonyl (C=O) groups is 1. The molecular formula is C30H40F2O3. The molecule has 1 unspecified atom stereocenters. The highest BCUT2D eigenvalue weighted by Gasteiger charge is 2.28. The topological polar surface area (TPSA) is 35.5 Å². The highest BCUT2D eigenvalue weighted by molar-refractivity contribution is 5.72. The highest BCUT2D eigenvalue weighted by Crippen LogP contribution is 2.38. The van der Waals surface area contributed by atoms with Crippen molar-refractivity contribution in [2.24, 2.45) is 0 Å². The molecule has 1 aliphatic carbocycles. The molecule has 0 bridgehead atoms. The molecule has 0 heterocycles. The first kappa shape index (κ1) is 27.2. The van der Waals surface area contributed by atoms with Crippen molar-refractivity contribution < 1.29 is 23.0 Å². The molecule has 2 aromatic rings. The predicted molar refractivity (Wildman–Crippen MR) is 136 cm³/mol. The SMILES string of the molecule is CCCCCCCC(=O)Oc1c(F)cc2c(c1F)CCC(c1ccc(OCCCCCC)cc1)C2. The van der Waals surface area contributed by atoms with Gasteiger partial charge in [0.1, 0.15) is 5.75 Å². The molecule has 0 saturated carbocycles. The number of hydrogen-bond acceptors (Lipinski definition) is 3. The van der Waals surface area contributed by atoms with E-state index in [1.165, 1.54) is 25.3 Å². The molecule has 0 amide bonds. The summed E-state index contributed by atoms with van der Waals surface area (Å²) in [6, 6.07) is 9.43. The average Bonchev–Trinajstić information content (AvgIpc) is 2.86. The van der Waals surface area contributed by atoms with E-state index in [2.05, 4.69) is 26.0 Å². The standard InChI is InChI=1S/C30H40F2O3/c1-3-5-7-9-10-12-28(33)35-30-27(31)21-24-20-23(15-18-26(24)29(30)32)22-13-16-25(17-14-22)34-19-11-8-6-4-2/h13-14,16-17,21,23H,3-12,15,18-20H2,1-2H3. The fourth-order valence-electron chi connectivity index (χ4n) is 4.80. The number of halogens is 2. The second-order valence-corrected chi connectivity index (χ2v) is 9.70. The zero-order chi connectivity index (χ0) is 25.0. The van der Waals surface area contributed by atoms with Crippen LogP contribution in [0.25, 0.3) is 0 Å². The molecule has 35 heavy (non-hydrogen) atoms. The summed E-state index contributed by atoms with van der Waals surface area (Å²) in [5.41, 5.74) is 2.28. The van der Waals surface area contributed by atoms with Gasteiger partial charge < -0.3 is 9.47 Å². The normalized spacial score (nSPS) is 15.0. The van der Waals surface area contributed by atoms with Crippen LogP contribution >= 0.6 is 0 Å². The number of hydrogen-bond donors (Lipinski definition) is 0. The Morgan fingerprint density at radius 2 is 1.63 bits per heavy atom. The minimum atomic E-state index is -0.798. The molecule has 0 aromatic heterocycles. The molecular weight excluding hydrogens is 446 g/mol. The van der Waals surface area contributed by atoms with Gasteiger partial charge in [-0.25, -0.2) is 8.78 Å². The third-order valence-corrected chi connectivity index (χ3v) is 6.90. The van der Waals surface area contributed by atoms with Crippen molar-refractivity contribution >= 4 is 5.97 Å². The number of rotatable bonds is 14. The monoisotopic (exact) mass is 486 g/mol. The van der Waals surface area contributed by atoms with Gasteiger partial charge in [-0.05, 0) is 72.9 Å². The van der Waals surface area contributed by atoms with Crippen molar-refractivity contribution in [3.8, 4) is 11.5 Å². The minimum absolute atomic E-state index is 0.181. The number of esters is 1. The second-order valence-electron chi connectivity index (χ2n) is 9.70. The summed E-state index contributed by atoms with van der Waals surface area (Å²) in [6.07, 6.45) is 11.6. The molecule has 3 nitrogen and oxygen atoms in total. The summed E-state index contributed by atoms with van der Waals surface area (Å²) >= 11 is 0. The van der Waals surface area contributed by atoms with E-state index in [-0.39, 0.29) is 12.3 Å². The summed E-state index contributed by atoms with van der Waals surface area (Å²) in [5, 5.41) is 0. The lowest BCUT2D eigenvalue weighted by atomic mass is 9.80. The van der Waals surface area contributed by atoms with Crippen molar-refractivity contribution in [3.63, 3.8) is 0 Å². The molecule has 0 spiro atoms. The molecule has 1 atom stereocenters. The van der Waals surface area contributed by atoms with E-state index in [0.29, 0.717) is 30.4 Å². The van der Waals surface area contributed by atoms with E-state index >= 15 is 4.39 Å². The van der Waals surface area contributed by atoms with Crippen molar-refractivity contribution in [1.29, 1.82) is 0 Å². The first-order valence-corrected chi connectivity index (χ1v) is 13.5. The van der Waals surface area contributed by atoms with Gasteiger partial charge in [0.25, 0.3) is 0 Å². The fraction of sp³-hybridized carbons (Fsp3) is 0.567. The van der Waals surface area contributed by atoms with Gasteiger partial charge in [0, 0.05) is 6.42 Å². The Morgan fingerprint density at radius 3 is 2.34 bits per heavy atom. The van der Waals surface area contributed by atoms with Crippen molar-refractivity contribution in [3.05, 3.63) is 58.7 Å². The lowest BCUT2D eigenvalue weighted by Gasteiger charge is -2.26. The molecule has 3 rings (SSSR count). The summed E-state index contributed by atoms with van der Waals surface area (Å²) in [6.45, 7) is 5.04. The fourth-order valence-corrected chi connectivity index (χ4v) is 4.80. The van der Waals surface area contributed by atoms with Gasteiger partial charge in [0.2, 0.25) is 5.75 Å². The Morgan fingerprint density at radius 1 is 0.943 bits per heavy atom. The maximum Gasteiger partial charge on any atom is 0.311 e. The Balaban J connectivity index is 1.57. The lowest BCUT2D eigenvalue weighted by molar-refractivity contribution is -0.134. The van der Waals surface area contributed by atoms with Gasteiger partial charge in [0.15, 0.2) is 11.6 Å². The Kier molecular flexibility index (Phi) is 11.0. The number of carbonyl (C=O) groups excluding carboxylic acids is 1. The van der Waals surface area contributed by atoms with Crippen LogP contribution < -0.4 is 9.47 Å². The molecule has 0 saturated heterocycles. The molecule has 2 aromatic carbocycles. The van der Waals surface area contributed by atoms with E-state index in [0.717, 1.165) is 56.4 Å². The van der Waals surface area contributed by atoms with E-state index in [1.54, 1.807) is 0 Å². The van der Waals surface area contributed by atoms with E-state index in [4.69, 9.17) is 9.47 Å². The number of benzene rings is 2. The minimum Gasteiger partial charge on any atom is -0.494 e. The smallest absolute Gasteiger partial charge is 0.311 e. The van der Waals surface area contributed by atoms with Gasteiger partial charge in [-0.2, -0.15) is 0 Å². The second kappa shape index (κ2) is 14.2. The summed E-state index contributed by atoms with van der Waals surface area (Å²) in [4.78, 5) is 12.1. The van der Waals surface area contributed by atoms with Crippen LogP contribution in [-0.4, -0.2) is 12.6 Å². The van der Waals surface area contributed by atoms with Gasteiger partial charge >= 0.3 is 5.97 Å². The van der Waals surface area contributed by atoms with Crippen molar-refractivity contribution in [1.82, 2.24) is 0 Å². The highest BCUT2D eigenvalue weighted by atomic mass is 19.1. The van der Waals surface area contributed by atoms with E-state index in [9.17, 15) is 9.18 Å². The van der Waals surface area contributed by atoms with Crippen LogP contribution in [0.2, 0.25) is 0 Å². The van der Waals surface area contributed by atoms with Crippen LogP contribution in [0.15, 0.2) is 30.3 Å². The summed E-state index contributed by atoms with van der Waals surface area (Å²) < 4.78 is 40.8. The van der Waals surface area contributed by atoms with Gasteiger partial charge in [-0.15, -0.1) is 0 Å². The zero-order valence-corrected chi connectivity index (χ0v) is 21.3. The Bertz CT molecular complexity index is 940. The zero-order valence-electron chi connectivity index (χ0n) is 21.3. The van der Waals surface area contributed by atoms with Crippen molar-refractivity contribution in [2.45, 2.75) is 103 Å². The van der Waals surface area contributed by atoms with Crippen LogP contribution in [0.3, 0.4) is 0 Å². The van der Waals surface area contributed by atoms with Gasteiger partial charge in [0.05, 0.1) is 6.61 Å². The van der Waals surface area contributed by atoms with Crippen molar-refractivity contribution in [2.75, 3.05) is 6.61 Å². The first-order valence-electron chi connectivity index (χ1n) is 13.5. The maximum absolute atomic E-state index is 15.1. The van der Waals surface area contributed by atoms with E-state index in [1.807, 2.05) is 12.1 Å². The molecule has 0 radical (unpaired) electrons. The Hall–Kier alpha value is -2.43. The Labute approximate surface area is 209 Å². The van der Waals surface area contributed by atoms with Crippen LogP contribution in [0.1, 0.15) is 107 Å². The quantitative estimate of drug-likeness (QED) is 0.153.